The van der Waals surface area contributed by atoms with Crippen LogP contribution in [-0.2, 0) is 14.4 Å². The van der Waals surface area contributed by atoms with E-state index in [9.17, 15) is 14.4 Å². The SMILES string of the molecule is CCN(CCNC(=O)CCN1C(=O)C2CCCCC2C1=O)c1cccc(C)c1. The molecule has 1 saturated carbocycles. The number of anilines is 1. The van der Waals surface area contributed by atoms with Crippen LogP contribution in [0.15, 0.2) is 24.3 Å². The highest BCUT2D eigenvalue weighted by molar-refractivity contribution is 6.05. The molecule has 1 aliphatic heterocycles. The van der Waals surface area contributed by atoms with E-state index in [1.807, 2.05) is 6.07 Å². The third-order valence-electron chi connectivity index (χ3n) is 5.95. The number of rotatable bonds is 8. The maximum absolute atomic E-state index is 12.5. The maximum Gasteiger partial charge on any atom is 0.233 e. The Hall–Kier alpha value is -2.37. The fraction of sp³-hybridized carbons (Fsp3) is 0.591. The lowest BCUT2D eigenvalue weighted by Gasteiger charge is -2.23. The van der Waals surface area contributed by atoms with Gasteiger partial charge in [0.05, 0.1) is 11.8 Å². The van der Waals surface area contributed by atoms with E-state index in [0.717, 1.165) is 44.5 Å². The van der Waals surface area contributed by atoms with Crippen molar-refractivity contribution >= 4 is 23.4 Å². The largest absolute Gasteiger partial charge is 0.370 e. The van der Waals surface area contributed by atoms with Crippen LogP contribution in [0, 0.1) is 18.8 Å². The van der Waals surface area contributed by atoms with E-state index in [2.05, 4.69) is 42.3 Å². The number of nitrogens with one attached hydrogen (secondary N) is 1. The Morgan fingerprint density at radius 3 is 2.46 bits per heavy atom. The normalized spacial score (nSPS) is 21.6. The summed E-state index contributed by atoms with van der Waals surface area (Å²) in [5, 5.41) is 2.92. The molecule has 2 fully saturated rings. The summed E-state index contributed by atoms with van der Waals surface area (Å²) >= 11 is 0. The number of carbonyl (C=O) groups is 3. The molecule has 0 radical (unpaired) electrons. The van der Waals surface area contributed by atoms with Crippen LogP contribution in [0.1, 0.15) is 44.6 Å². The number of hydrogen-bond donors (Lipinski definition) is 1. The Labute approximate surface area is 167 Å². The van der Waals surface area contributed by atoms with E-state index < -0.39 is 0 Å². The van der Waals surface area contributed by atoms with Crippen molar-refractivity contribution in [3.05, 3.63) is 29.8 Å². The average Bonchev–Trinajstić information content (AvgIpc) is 2.94. The molecule has 6 nitrogen and oxygen atoms in total. The molecule has 1 heterocycles. The summed E-state index contributed by atoms with van der Waals surface area (Å²) in [6.07, 6.45) is 3.83. The van der Waals surface area contributed by atoms with Gasteiger partial charge >= 0.3 is 0 Å². The van der Waals surface area contributed by atoms with E-state index in [0.29, 0.717) is 6.54 Å². The molecule has 2 atom stereocenters. The van der Waals surface area contributed by atoms with E-state index in [1.54, 1.807) is 0 Å². The summed E-state index contributed by atoms with van der Waals surface area (Å²) in [4.78, 5) is 40.7. The quantitative estimate of drug-likeness (QED) is 0.698. The second-order valence-electron chi connectivity index (χ2n) is 7.84. The Kier molecular flexibility index (Phi) is 6.70. The molecule has 0 spiro atoms. The number of likely N-dealkylation sites (tertiary alicyclic amines) is 1. The van der Waals surface area contributed by atoms with Crippen molar-refractivity contribution in [2.24, 2.45) is 11.8 Å². The van der Waals surface area contributed by atoms with Crippen LogP contribution < -0.4 is 10.2 Å². The van der Waals surface area contributed by atoms with Gasteiger partial charge in [-0.1, -0.05) is 25.0 Å². The van der Waals surface area contributed by atoms with Crippen LogP contribution in [-0.4, -0.2) is 48.8 Å². The minimum absolute atomic E-state index is 0.0703. The van der Waals surface area contributed by atoms with E-state index in [1.165, 1.54) is 10.5 Å². The highest BCUT2D eigenvalue weighted by Gasteiger charge is 2.47. The first kappa shape index (κ1) is 20.4. The summed E-state index contributed by atoms with van der Waals surface area (Å²) < 4.78 is 0. The van der Waals surface area contributed by atoms with Gasteiger partial charge in [-0.05, 0) is 44.4 Å². The first-order chi connectivity index (χ1) is 13.5. The standard InChI is InChI=1S/C22H31N3O3/c1-3-24(17-8-6-7-16(2)15-17)14-12-23-20(26)11-13-25-21(27)18-9-4-5-10-19(18)22(25)28/h6-8,15,18-19H,3-5,9-14H2,1-2H3,(H,23,26). The highest BCUT2D eigenvalue weighted by Crippen LogP contribution is 2.37. The lowest BCUT2D eigenvalue weighted by atomic mass is 9.81. The van der Waals surface area contributed by atoms with Gasteiger partial charge in [-0.3, -0.25) is 19.3 Å². The van der Waals surface area contributed by atoms with Gasteiger partial charge in [-0.2, -0.15) is 0 Å². The summed E-state index contributed by atoms with van der Waals surface area (Å²) in [6, 6.07) is 8.31. The third-order valence-corrected chi connectivity index (χ3v) is 5.95. The van der Waals surface area contributed by atoms with Crippen LogP contribution >= 0.6 is 0 Å². The summed E-state index contributed by atoms with van der Waals surface area (Å²) in [5.74, 6) is -0.539. The van der Waals surface area contributed by atoms with Crippen molar-refractivity contribution in [1.29, 1.82) is 0 Å². The molecule has 1 aliphatic carbocycles. The Morgan fingerprint density at radius 2 is 1.86 bits per heavy atom. The van der Waals surface area contributed by atoms with Crippen molar-refractivity contribution in [2.75, 3.05) is 31.1 Å². The van der Waals surface area contributed by atoms with Crippen LogP contribution in [0.3, 0.4) is 0 Å². The second kappa shape index (κ2) is 9.22. The molecule has 28 heavy (non-hydrogen) atoms. The number of hydrogen-bond acceptors (Lipinski definition) is 4. The molecule has 3 amide bonds. The predicted octanol–water partition coefficient (Wildman–Crippen LogP) is 2.50. The lowest BCUT2D eigenvalue weighted by Crippen LogP contribution is -2.38. The van der Waals surface area contributed by atoms with Crippen LogP contribution in [0.4, 0.5) is 5.69 Å². The van der Waals surface area contributed by atoms with Crippen molar-refractivity contribution in [2.45, 2.75) is 46.0 Å². The number of nitrogens with zero attached hydrogens (tertiary/aromatic N) is 2. The zero-order valence-electron chi connectivity index (χ0n) is 16.9. The predicted molar refractivity (Wildman–Crippen MR) is 109 cm³/mol. The molecule has 1 aromatic rings. The lowest BCUT2D eigenvalue weighted by molar-refractivity contribution is -0.140. The van der Waals surface area contributed by atoms with Crippen molar-refractivity contribution in [3.63, 3.8) is 0 Å². The number of benzene rings is 1. The average molecular weight is 386 g/mol. The van der Waals surface area contributed by atoms with Crippen LogP contribution in [0.5, 0.6) is 0 Å². The molecular formula is C22H31N3O3. The zero-order chi connectivity index (χ0) is 20.1. The number of amides is 3. The first-order valence-electron chi connectivity index (χ1n) is 10.4. The molecule has 2 unspecified atom stereocenters. The third kappa shape index (κ3) is 4.54. The highest BCUT2D eigenvalue weighted by atomic mass is 16.2. The van der Waals surface area contributed by atoms with Gasteiger partial charge in [0.1, 0.15) is 0 Å². The summed E-state index contributed by atoms with van der Waals surface area (Å²) in [7, 11) is 0. The van der Waals surface area contributed by atoms with E-state index in [4.69, 9.17) is 0 Å². The van der Waals surface area contributed by atoms with Crippen molar-refractivity contribution in [3.8, 4) is 0 Å². The topological polar surface area (TPSA) is 69.7 Å². The molecule has 1 saturated heterocycles. The number of carbonyl (C=O) groups excluding carboxylic acids is 3. The minimum Gasteiger partial charge on any atom is -0.370 e. The van der Waals surface area contributed by atoms with Crippen LogP contribution in [0.2, 0.25) is 0 Å². The van der Waals surface area contributed by atoms with Gasteiger partial charge in [0, 0.05) is 38.3 Å². The molecular weight excluding hydrogens is 354 g/mol. The molecule has 3 rings (SSSR count). The van der Waals surface area contributed by atoms with Crippen molar-refractivity contribution in [1.82, 2.24) is 10.2 Å². The fourth-order valence-electron chi connectivity index (χ4n) is 4.38. The Bertz CT molecular complexity index is 709. The zero-order valence-corrected chi connectivity index (χ0v) is 16.9. The van der Waals surface area contributed by atoms with Gasteiger partial charge in [-0.25, -0.2) is 0 Å². The molecule has 0 aromatic heterocycles. The van der Waals surface area contributed by atoms with Gasteiger partial charge < -0.3 is 10.2 Å². The summed E-state index contributed by atoms with van der Waals surface area (Å²) in [5.41, 5.74) is 2.35. The Balaban J connectivity index is 1.43. The first-order valence-corrected chi connectivity index (χ1v) is 10.4. The van der Waals surface area contributed by atoms with Gasteiger partial charge in [-0.15, -0.1) is 0 Å². The smallest absolute Gasteiger partial charge is 0.233 e. The molecule has 0 bridgehead atoms. The molecule has 152 valence electrons. The maximum atomic E-state index is 12.5. The fourth-order valence-corrected chi connectivity index (χ4v) is 4.38. The molecule has 2 aliphatic rings. The molecule has 1 N–H and O–H groups in total. The second-order valence-corrected chi connectivity index (χ2v) is 7.84. The van der Waals surface area contributed by atoms with Gasteiger partial charge in [0.2, 0.25) is 17.7 Å². The molecule has 6 heteroatoms. The summed E-state index contributed by atoms with van der Waals surface area (Å²) in [6.45, 7) is 6.47. The van der Waals surface area contributed by atoms with Crippen LogP contribution in [0.25, 0.3) is 0 Å². The van der Waals surface area contributed by atoms with Gasteiger partial charge in [0.25, 0.3) is 0 Å². The number of likely N-dealkylation sites (N-methyl/N-ethyl adjacent to an activating group) is 1. The minimum atomic E-state index is -0.142. The van der Waals surface area contributed by atoms with E-state index in [-0.39, 0.29) is 42.5 Å². The number of imide groups is 1. The molecule has 1 aromatic carbocycles. The monoisotopic (exact) mass is 385 g/mol. The number of aryl methyl sites for hydroxylation is 1. The Morgan fingerprint density at radius 1 is 1.18 bits per heavy atom. The van der Waals surface area contributed by atoms with E-state index >= 15 is 0 Å². The van der Waals surface area contributed by atoms with Gasteiger partial charge in [0.15, 0.2) is 0 Å². The van der Waals surface area contributed by atoms with Crippen molar-refractivity contribution < 1.29 is 14.4 Å². The number of fused-ring (bicyclic) bond motifs is 1.